The maximum atomic E-state index is 14.3. The third-order valence-electron chi connectivity index (χ3n) is 5.44. The van der Waals surface area contributed by atoms with Crippen LogP contribution in [0.2, 0.25) is 0 Å². The molecule has 0 N–H and O–H groups in total. The Bertz CT molecular complexity index is 1100. The highest BCUT2D eigenvalue weighted by molar-refractivity contribution is 6.03. The molecule has 3 aromatic carbocycles. The molecule has 1 atom stereocenters. The fourth-order valence-electron chi connectivity index (χ4n) is 3.78. The number of benzene rings is 3. The van der Waals surface area contributed by atoms with Gasteiger partial charge < -0.3 is 14.5 Å². The van der Waals surface area contributed by atoms with Gasteiger partial charge in [0.1, 0.15) is 11.6 Å². The van der Waals surface area contributed by atoms with Crippen LogP contribution < -0.4 is 4.74 Å². The molecule has 32 heavy (non-hydrogen) atoms. The highest BCUT2D eigenvalue weighted by Gasteiger charge is 2.28. The Balaban J connectivity index is 1.49. The Hall–Kier alpha value is -3.67. The first-order chi connectivity index (χ1) is 15.6. The van der Waals surface area contributed by atoms with Crippen molar-refractivity contribution in [1.29, 1.82) is 0 Å². The fourth-order valence-corrected chi connectivity index (χ4v) is 3.78. The number of carbonyl (C=O) groups excluding carboxylic acids is 1. The van der Waals surface area contributed by atoms with Gasteiger partial charge in [0.15, 0.2) is 6.10 Å². The number of hydrogen-bond acceptors (Lipinski definition) is 4. The first-order valence-electron chi connectivity index (χ1n) is 10.5. The number of ether oxygens (including phenoxy) is 1. The second-order valence-electron chi connectivity index (χ2n) is 7.70. The second-order valence-corrected chi connectivity index (χ2v) is 7.70. The number of nitrogens with zero attached hydrogens (tertiary/aromatic N) is 2. The molecule has 3 aromatic rings. The van der Waals surface area contributed by atoms with Crippen molar-refractivity contribution < 1.29 is 18.8 Å². The molecule has 0 aromatic heterocycles. The lowest BCUT2D eigenvalue weighted by molar-refractivity contribution is -0.133. The largest absolute Gasteiger partial charge is 0.496 e. The maximum Gasteiger partial charge on any atom is 0.227 e. The monoisotopic (exact) mass is 432 g/mol. The standard InChI is InChI=1S/C26H25FN2O3/c1-31-25-14-8-6-12-22(25)24-16-21(32-28-24)18-29(17-20-11-5-7-13-23(20)27)26(30)15-19-9-3-2-4-10-19/h2-14,21H,15-18H2,1H3/t21-/m0/s1. The van der Waals surface area contributed by atoms with Crippen molar-refractivity contribution in [1.82, 2.24) is 4.90 Å². The number of amides is 1. The molecule has 0 radical (unpaired) electrons. The number of rotatable bonds is 8. The lowest BCUT2D eigenvalue weighted by atomic mass is 10.0. The lowest BCUT2D eigenvalue weighted by Gasteiger charge is -2.25. The lowest BCUT2D eigenvalue weighted by Crippen LogP contribution is -2.38. The van der Waals surface area contributed by atoms with Crippen molar-refractivity contribution in [3.63, 3.8) is 0 Å². The number of hydrogen-bond donors (Lipinski definition) is 0. The molecule has 0 bridgehead atoms. The van der Waals surface area contributed by atoms with E-state index in [0.717, 1.165) is 22.6 Å². The average molecular weight is 432 g/mol. The molecule has 0 spiro atoms. The van der Waals surface area contributed by atoms with Gasteiger partial charge in [0.25, 0.3) is 0 Å². The van der Waals surface area contributed by atoms with Crippen LogP contribution in [0, 0.1) is 5.82 Å². The summed E-state index contributed by atoms with van der Waals surface area (Å²) in [4.78, 5) is 20.5. The van der Waals surface area contributed by atoms with Crippen molar-refractivity contribution in [2.24, 2.45) is 5.16 Å². The van der Waals surface area contributed by atoms with Crippen molar-refractivity contribution in [2.45, 2.75) is 25.5 Å². The van der Waals surface area contributed by atoms with Gasteiger partial charge in [0, 0.05) is 24.1 Å². The topological polar surface area (TPSA) is 51.1 Å². The predicted molar refractivity (Wildman–Crippen MR) is 121 cm³/mol. The summed E-state index contributed by atoms with van der Waals surface area (Å²) in [5.74, 6) is 0.302. The quantitative estimate of drug-likeness (QED) is 0.523. The van der Waals surface area contributed by atoms with Crippen molar-refractivity contribution in [3.8, 4) is 5.75 Å². The van der Waals surface area contributed by atoms with E-state index in [1.807, 2.05) is 54.6 Å². The average Bonchev–Trinajstić information content (AvgIpc) is 3.29. The van der Waals surface area contributed by atoms with E-state index in [9.17, 15) is 9.18 Å². The number of halogens is 1. The molecule has 164 valence electrons. The van der Waals surface area contributed by atoms with Crippen LogP contribution in [-0.4, -0.2) is 36.3 Å². The molecular weight excluding hydrogens is 407 g/mol. The molecule has 4 rings (SSSR count). The van der Waals surface area contributed by atoms with Crippen molar-refractivity contribution >= 4 is 11.6 Å². The summed E-state index contributed by atoms with van der Waals surface area (Å²) in [5.41, 5.74) is 3.02. The minimum Gasteiger partial charge on any atom is -0.496 e. The summed E-state index contributed by atoms with van der Waals surface area (Å²) in [7, 11) is 1.62. The Labute approximate surface area is 187 Å². The molecule has 1 aliphatic rings. The number of methoxy groups -OCH3 is 1. The second kappa shape index (κ2) is 10.1. The molecule has 0 saturated carbocycles. The maximum absolute atomic E-state index is 14.3. The third kappa shape index (κ3) is 5.14. The van der Waals surface area contributed by atoms with Gasteiger partial charge in [-0.25, -0.2) is 4.39 Å². The van der Waals surface area contributed by atoms with Gasteiger partial charge in [-0.15, -0.1) is 0 Å². The Kier molecular flexibility index (Phi) is 6.80. The molecule has 5 nitrogen and oxygen atoms in total. The summed E-state index contributed by atoms with van der Waals surface area (Å²) in [6.07, 6.45) is 0.455. The summed E-state index contributed by atoms with van der Waals surface area (Å²) in [6.45, 7) is 0.477. The van der Waals surface area contributed by atoms with Crippen LogP contribution >= 0.6 is 0 Å². The van der Waals surface area contributed by atoms with E-state index >= 15 is 0 Å². The van der Waals surface area contributed by atoms with E-state index in [0.29, 0.717) is 18.5 Å². The summed E-state index contributed by atoms with van der Waals surface area (Å²) in [5, 5.41) is 4.24. The van der Waals surface area contributed by atoms with Gasteiger partial charge in [-0.2, -0.15) is 0 Å². The molecule has 1 amide bonds. The van der Waals surface area contributed by atoms with Crippen molar-refractivity contribution in [3.05, 3.63) is 101 Å². The summed E-state index contributed by atoms with van der Waals surface area (Å²) >= 11 is 0. The normalized spacial score (nSPS) is 15.1. The van der Waals surface area contributed by atoms with Gasteiger partial charge in [-0.3, -0.25) is 4.79 Å². The van der Waals surface area contributed by atoms with Crippen LogP contribution in [0.1, 0.15) is 23.1 Å². The molecule has 0 saturated heterocycles. The molecule has 0 aliphatic carbocycles. The van der Waals surface area contributed by atoms with Crippen LogP contribution in [0.15, 0.2) is 84.0 Å². The Morgan fingerprint density at radius 3 is 2.56 bits per heavy atom. The SMILES string of the molecule is COc1ccccc1C1=NO[C@H](CN(Cc2ccccc2F)C(=O)Cc2ccccc2)C1. The number of oxime groups is 1. The van der Waals surface area contributed by atoms with E-state index in [-0.39, 0.29) is 30.8 Å². The van der Waals surface area contributed by atoms with Crippen molar-refractivity contribution in [2.75, 3.05) is 13.7 Å². The van der Waals surface area contributed by atoms with Crippen LogP contribution in [0.25, 0.3) is 0 Å². The van der Waals surface area contributed by atoms with Crippen LogP contribution in [0.4, 0.5) is 4.39 Å². The smallest absolute Gasteiger partial charge is 0.227 e. The molecule has 1 heterocycles. The van der Waals surface area contributed by atoms with E-state index in [1.165, 1.54) is 6.07 Å². The molecular formula is C26H25FN2O3. The van der Waals surface area contributed by atoms with Crippen LogP contribution in [0.3, 0.4) is 0 Å². The molecule has 0 fully saturated rings. The highest BCUT2D eigenvalue weighted by Crippen LogP contribution is 2.25. The third-order valence-corrected chi connectivity index (χ3v) is 5.44. The Morgan fingerprint density at radius 2 is 1.78 bits per heavy atom. The van der Waals surface area contributed by atoms with Crippen LogP contribution in [0.5, 0.6) is 5.75 Å². The van der Waals surface area contributed by atoms with Gasteiger partial charge in [0.2, 0.25) is 5.91 Å². The fraction of sp³-hybridized carbons (Fsp3) is 0.231. The van der Waals surface area contributed by atoms with Gasteiger partial charge in [-0.05, 0) is 23.8 Å². The number of carbonyl (C=O) groups is 1. The van der Waals surface area contributed by atoms with Gasteiger partial charge >= 0.3 is 0 Å². The first-order valence-corrected chi connectivity index (χ1v) is 10.5. The zero-order valence-electron chi connectivity index (χ0n) is 17.9. The molecule has 6 heteroatoms. The van der Waals surface area contributed by atoms with E-state index in [4.69, 9.17) is 9.57 Å². The highest BCUT2D eigenvalue weighted by atomic mass is 19.1. The summed E-state index contributed by atoms with van der Waals surface area (Å²) < 4.78 is 19.7. The minimum absolute atomic E-state index is 0.0891. The molecule has 1 aliphatic heterocycles. The van der Waals surface area contributed by atoms with E-state index in [2.05, 4.69) is 5.16 Å². The predicted octanol–water partition coefficient (Wildman–Crippen LogP) is 4.60. The van der Waals surface area contributed by atoms with Gasteiger partial charge in [-0.1, -0.05) is 65.8 Å². The zero-order chi connectivity index (χ0) is 22.3. The first kappa shape index (κ1) is 21.6. The van der Waals surface area contributed by atoms with E-state index in [1.54, 1.807) is 30.2 Å². The van der Waals surface area contributed by atoms with Crippen LogP contribution in [-0.2, 0) is 22.6 Å². The minimum atomic E-state index is -0.330. The summed E-state index contributed by atoms with van der Waals surface area (Å²) in [6, 6.07) is 23.7. The van der Waals surface area contributed by atoms with Gasteiger partial charge in [0.05, 0.1) is 25.8 Å². The number of para-hydroxylation sites is 1. The zero-order valence-corrected chi connectivity index (χ0v) is 17.9. The molecule has 0 unspecified atom stereocenters. The van der Waals surface area contributed by atoms with E-state index < -0.39 is 0 Å². The Morgan fingerprint density at radius 1 is 1.06 bits per heavy atom.